The van der Waals surface area contributed by atoms with Gasteiger partial charge in [-0.1, -0.05) is 0 Å². The van der Waals surface area contributed by atoms with Crippen LogP contribution in [0.2, 0.25) is 0 Å². The van der Waals surface area contributed by atoms with Gasteiger partial charge in [0.1, 0.15) is 0 Å². The first-order chi connectivity index (χ1) is 6.10. The van der Waals surface area contributed by atoms with Gasteiger partial charge in [0.15, 0.2) is 0 Å². The van der Waals surface area contributed by atoms with Gasteiger partial charge in [-0.3, -0.25) is 0 Å². The van der Waals surface area contributed by atoms with Crippen LogP contribution >= 0.6 is 12.4 Å². The molecule has 2 saturated carbocycles. The number of fused-ring (bicyclic) bond motifs is 1. The molecule has 2 aliphatic carbocycles. The SMILES string of the molecule is CCOC(=O)C1(F)C2CC(N)CC21.Cl. The molecule has 14 heavy (non-hydrogen) atoms. The van der Waals surface area contributed by atoms with Crippen LogP contribution in [-0.2, 0) is 9.53 Å². The summed E-state index contributed by atoms with van der Waals surface area (Å²) in [4.78, 5) is 11.2. The highest BCUT2D eigenvalue weighted by Gasteiger charge is 2.74. The molecule has 5 heteroatoms. The van der Waals surface area contributed by atoms with Gasteiger partial charge >= 0.3 is 5.97 Å². The molecule has 82 valence electrons. The third-order valence-electron chi connectivity index (χ3n) is 3.16. The van der Waals surface area contributed by atoms with Crippen LogP contribution in [0.4, 0.5) is 4.39 Å². The third-order valence-corrected chi connectivity index (χ3v) is 3.16. The van der Waals surface area contributed by atoms with Crippen LogP contribution in [-0.4, -0.2) is 24.3 Å². The maximum Gasteiger partial charge on any atom is 0.344 e. The van der Waals surface area contributed by atoms with Gasteiger partial charge in [0.25, 0.3) is 0 Å². The van der Waals surface area contributed by atoms with Gasteiger partial charge in [-0.2, -0.15) is 0 Å². The molecule has 3 nitrogen and oxygen atoms in total. The lowest BCUT2D eigenvalue weighted by molar-refractivity contribution is -0.152. The zero-order chi connectivity index (χ0) is 9.64. The molecule has 0 radical (unpaired) electrons. The first-order valence-corrected chi connectivity index (χ1v) is 4.72. The van der Waals surface area contributed by atoms with Crippen molar-refractivity contribution in [3.8, 4) is 0 Å². The first kappa shape index (κ1) is 11.7. The first-order valence-electron chi connectivity index (χ1n) is 4.72. The minimum Gasteiger partial charge on any atom is -0.464 e. The quantitative estimate of drug-likeness (QED) is 0.712. The monoisotopic (exact) mass is 223 g/mol. The molecule has 0 amide bonds. The second-order valence-electron chi connectivity index (χ2n) is 3.93. The van der Waals surface area contributed by atoms with Crippen molar-refractivity contribution in [2.45, 2.75) is 31.5 Å². The summed E-state index contributed by atoms with van der Waals surface area (Å²) in [6.07, 6.45) is 1.25. The van der Waals surface area contributed by atoms with Crippen molar-refractivity contribution in [3.05, 3.63) is 0 Å². The number of carbonyl (C=O) groups is 1. The molecule has 2 fully saturated rings. The molecule has 0 aromatic rings. The van der Waals surface area contributed by atoms with E-state index < -0.39 is 11.6 Å². The van der Waals surface area contributed by atoms with Crippen LogP contribution in [0.3, 0.4) is 0 Å². The summed E-state index contributed by atoms with van der Waals surface area (Å²) >= 11 is 0. The summed E-state index contributed by atoms with van der Waals surface area (Å²) in [7, 11) is 0. The predicted molar refractivity (Wildman–Crippen MR) is 51.9 cm³/mol. The molecule has 0 heterocycles. The molecule has 0 saturated heterocycles. The molecule has 2 aliphatic rings. The summed E-state index contributed by atoms with van der Waals surface area (Å²) in [6, 6.07) is 0.0771. The maximum absolute atomic E-state index is 13.8. The van der Waals surface area contributed by atoms with Crippen molar-refractivity contribution >= 4 is 18.4 Å². The second-order valence-corrected chi connectivity index (χ2v) is 3.93. The molecule has 2 atom stereocenters. The lowest BCUT2D eigenvalue weighted by atomic mass is 10.1. The van der Waals surface area contributed by atoms with E-state index in [0.717, 1.165) is 0 Å². The summed E-state index contributed by atoms with van der Waals surface area (Å²) in [5, 5.41) is 0. The fourth-order valence-corrected chi connectivity index (χ4v) is 2.46. The topological polar surface area (TPSA) is 52.3 Å². The van der Waals surface area contributed by atoms with E-state index in [2.05, 4.69) is 4.74 Å². The van der Waals surface area contributed by atoms with Gasteiger partial charge in [0.05, 0.1) is 6.61 Å². The molecule has 0 spiro atoms. The normalized spacial score (nSPS) is 43.8. The number of rotatable bonds is 2. The molecule has 0 aromatic heterocycles. The van der Waals surface area contributed by atoms with Gasteiger partial charge in [-0.15, -0.1) is 12.4 Å². The van der Waals surface area contributed by atoms with Gasteiger partial charge < -0.3 is 10.5 Å². The fraction of sp³-hybridized carbons (Fsp3) is 0.889. The Morgan fingerprint density at radius 2 is 2.07 bits per heavy atom. The second kappa shape index (κ2) is 3.66. The summed E-state index contributed by atoms with van der Waals surface area (Å²) < 4.78 is 18.5. The van der Waals surface area contributed by atoms with E-state index in [9.17, 15) is 9.18 Å². The zero-order valence-corrected chi connectivity index (χ0v) is 8.85. The molecule has 2 N–H and O–H groups in total. The third kappa shape index (κ3) is 1.41. The van der Waals surface area contributed by atoms with Crippen molar-refractivity contribution in [2.75, 3.05) is 6.61 Å². The summed E-state index contributed by atoms with van der Waals surface area (Å²) in [6.45, 7) is 1.93. The smallest absolute Gasteiger partial charge is 0.344 e. The van der Waals surface area contributed by atoms with Crippen molar-refractivity contribution in [1.82, 2.24) is 0 Å². The standard InChI is InChI=1S/C9H14FNO2.ClH/c1-2-13-8(12)9(10)6-3-5(11)4-7(6)9;/h5-7H,2-4,11H2,1H3;1H. The number of carbonyl (C=O) groups excluding carboxylic acids is 1. The maximum atomic E-state index is 13.8. The highest BCUT2D eigenvalue weighted by Crippen LogP contribution is 2.63. The number of esters is 1. The Bertz CT molecular complexity index is 237. The Morgan fingerprint density at radius 1 is 1.57 bits per heavy atom. The van der Waals surface area contributed by atoms with E-state index >= 15 is 0 Å². The lowest BCUT2D eigenvalue weighted by Crippen LogP contribution is -2.30. The van der Waals surface area contributed by atoms with E-state index in [1.54, 1.807) is 6.92 Å². The number of alkyl halides is 1. The minimum atomic E-state index is -1.69. The molecular formula is C9H15ClFNO2. The van der Waals surface area contributed by atoms with Crippen LogP contribution < -0.4 is 5.73 Å². The number of hydrogen-bond acceptors (Lipinski definition) is 3. The summed E-state index contributed by atoms with van der Waals surface area (Å²) in [5.41, 5.74) is 3.94. The van der Waals surface area contributed by atoms with Crippen LogP contribution in [0.1, 0.15) is 19.8 Å². The van der Waals surface area contributed by atoms with Gasteiger partial charge in [0, 0.05) is 17.9 Å². The lowest BCUT2D eigenvalue weighted by Gasteiger charge is -2.13. The van der Waals surface area contributed by atoms with E-state index in [1.165, 1.54) is 0 Å². The Labute approximate surface area is 88.6 Å². The van der Waals surface area contributed by atoms with E-state index in [0.29, 0.717) is 12.8 Å². The Kier molecular flexibility index (Phi) is 3.07. The van der Waals surface area contributed by atoms with Crippen molar-refractivity contribution < 1.29 is 13.9 Å². The minimum absolute atomic E-state index is 0. The molecule has 0 bridgehead atoms. The van der Waals surface area contributed by atoms with Gasteiger partial charge in [-0.25, -0.2) is 9.18 Å². The number of halogens is 2. The Morgan fingerprint density at radius 3 is 2.50 bits per heavy atom. The number of ether oxygens (including phenoxy) is 1. The Balaban J connectivity index is 0.000000980. The predicted octanol–water partition coefficient (Wildman–Crippen LogP) is 1.05. The zero-order valence-electron chi connectivity index (χ0n) is 8.03. The average molecular weight is 224 g/mol. The van der Waals surface area contributed by atoms with Gasteiger partial charge in [-0.05, 0) is 19.8 Å². The van der Waals surface area contributed by atoms with Crippen LogP contribution in [0.5, 0.6) is 0 Å². The molecular weight excluding hydrogens is 209 g/mol. The summed E-state index contributed by atoms with van der Waals surface area (Å²) in [5.74, 6) is -1.01. The highest BCUT2D eigenvalue weighted by molar-refractivity contribution is 5.85. The molecule has 0 aliphatic heterocycles. The van der Waals surface area contributed by atoms with E-state index in [1.807, 2.05) is 0 Å². The van der Waals surface area contributed by atoms with Crippen LogP contribution in [0.15, 0.2) is 0 Å². The van der Waals surface area contributed by atoms with Crippen molar-refractivity contribution in [2.24, 2.45) is 17.6 Å². The fourth-order valence-electron chi connectivity index (χ4n) is 2.46. The van der Waals surface area contributed by atoms with Crippen LogP contribution in [0.25, 0.3) is 0 Å². The number of hydrogen-bond donors (Lipinski definition) is 1. The molecule has 2 rings (SSSR count). The van der Waals surface area contributed by atoms with Gasteiger partial charge in [0.2, 0.25) is 5.67 Å². The number of nitrogens with two attached hydrogens (primary N) is 1. The van der Waals surface area contributed by atoms with Crippen molar-refractivity contribution in [3.63, 3.8) is 0 Å². The van der Waals surface area contributed by atoms with E-state index in [4.69, 9.17) is 5.73 Å². The van der Waals surface area contributed by atoms with Crippen LogP contribution in [0, 0.1) is 11.8 Å². The highest BCUT2D eigenvalue weighted by atomic mass is 35.5. The van der Waals surface area contributed by atoms with Crippen molar-refractivity contribution in [1.29, 1.82) is 0 Å². The average Bonchev–Trinajstić information content (AvgIpc) is 2.45. The largest absolute Gasteiger partial charge is 0.464 e. The molecule has 2 unspecified atom stereocenters. The Hall–Kier alpha value is -0.350. The molecule has 0 aromatic carbocycles. The van der Waals surface area contributed by atoms with E-state index in [-0.39, 0.29) is 36.9 Å².